The van der Waals surface area contributed by atoms with Gasteiger partial charge in [0.05, 0.1) is 12.3 Å². The topological polar surface area (TPSA) is 98.8 Å². The number of piperidine rings is 1. The zero-order chi connectivity index (χ0) is 19.9. The van der Waals surface area contributed by atoms with Gasteiger partial charge in [-0.3, -0.25) is 14.5 Å². The Bertz CT molecular complexity index is 602. The second-order valence-corrected chi connectivity index (χ2v) is 9.53. The molecule has 0 aromatic rings. The number of hydrogen-bond acceptors (Lipinski definition) is 5. The molecule has 2 N–H and O–H groups in total. The molecule has 2 saturated heterocycles. The molecule has 2 fully saturated rings. The molecular formula is C18H34N4O4S. The first kappa shape index (κ1) is 22.1. The van der Waals surface area contributed by atoms with E-state index >= 15 is 0 Å². The summed E-state index contributed by atoms with van der Waals surface area (Å²) in [5.41, 5.74) is 0. The molecule has 2 aliphatic heterocycles. The van der Waals surface area contributed by atoms with Crippen molar-refractivity contribution in [2.24, 2.45) is 0 Å². The van der Waals surface area contributed by atoms with Crippen molar-refractivity contribution in [3.8, 4) is 0 Å². The number of amides is 2. The molecule has 0 spiro atoms. The quantitative estimate of drug-likeness (QED) is 0.578. The van der Waals surface area contributed by atoms with Crippen LogP contribution in [0, 0.1) is 0 Å². The van der Waals surface area contributed by atoms with Crippen LogP contribution >= 0.6 is 0 Å². The zero-order valence-corrected chi connectivity index (χ0v) is 17.4. The Labute approximate surface area is 163 Å². The van der Waals surface area contributed by atoms with E-state index in [4.69, 9.17) is 0 Å². The van der Waals surface area contributed by atoms with Gasteiger partial charge in [0.2, 0.25) is 21.8 Å². The second-order valence-electron chi connectivity index (χ2n) is 7.49. The SMILES string of the molecule is CCCNC(=O)CN1CCC(NC(=O)C2CCCN2S(=O)(=O)CCC)CC1. The minimum Gasteiger partial charge on any atom is -0.355 e. The molecule has 2 aliphatic rings. The van der Waals surface area contributed by atoms with E-state index in [1.807, 2.05) is 13.8 Å². The van der Waals surface area contributed by atoms with Crippen molar-refractivity contribution in [2.45, 2.75) is 64.5 Å². The summed E-state index contributed by atoms with van der Waals surface area (Å²) in [6, 6.07) is -0.525. The predicted molar refractivity (Wildman–Crippen MR) is 105 cm³/mol. The Hall–Kier alpha value is -1.19. The van der Waals surface area contributed by atoms with Crippen molar-refractivity contribution >= 4 is 21.8 Å². The third-order valence-electron chi connectivity index (χ3n) is 5.20. The summed E-state index contributed by atoms with van der Waals surface area (Å²) in [5, 5.41) is 5.92. The van der Waals surface area contributed by atoms with E-state index in [-0.39, 0.29) is 23.6 Å². The van der Waals surface area contributed by atoms with E-state index < -0.39 is 16.1 Å². The van der Waals surface area contributed by atoms with Crippen molar-refractivity contribution in [3.63, 3.8) is 0 Å². The maximum atomic E-state index is 12.7. The van der Waals surface area contributed by atoms with Crippen LogP contribution in [0.15, 0.2) is 0 Å². The van der Waals surface area contributed by atoms with Crippen molar-refractivity contribution in [3.05, 3.63) is 0 Å². The Balaban J connectivity index is 1.79. The van der Waals surface area contributed by atoms with Crippen LogP contribution in [0.5, 0.6) is 0 Å². The largest absolute Gasteiger partial charge is 0.355 e. The van der Waals surface area contributed by atoms with E-state index in [0.29, 0.717) is 32.5 Å². The van der Waals surface area contributed by atoms with Crippen LogP contribution in [0.2, 0.25) is 0 Å². The molecular weight excluding hydrogens is 368 g/mol. The number of nitrogens with zero attached hydrogens (tertiary/aromatic N) is 2. The summed E-state index contributed by atoms with van der Waals surface area (Å²) >= 11 is 0. The fraction of sp³-hybridized carbons (Fsp3) is 0.889. The Morgan fingerprint density at radius 2 is 1.74 bits per heavy atom. The lowest BCUT2D eigenvalue weighted by atomic mass is 10.0. The molecule has 2 heterocycles. The van der Waals surface area contributed by atoms with Crippen molar-refractivity contribution in [1.29, 1.82) is 0 Å². The van der Waals surface area contributed by atoms with Gasteiger partial charge in [0, 0.05) is 32.2 Å². The van der Waals surface area contributed by atoms with Crippen LogP contribution in [-0.4, -0.2) is 80.0 Å². The van der Waals surface area contributed by atoms with Crippen molar-refractivity contribution in [1.82, 2.24) is 19.8 Å². The first-order chi connectivity index (χ1) is 12.9. The van der Waals surface area contributed by atoms with Crippen LogP contribution in [0.4, 0.5) is 0 Å². The van der Waals surface area contributed by atoms with E-state index in [9.17, 15) is 18.0 Å². The molecule has 0 radical (unpaired) electrons. The maximum absolute atomic E-state index is 12.7. The van der Waals surface area contributed by atoms with Crippen molar-refractivity contribution < 1.29 is 18.0 Å². The highest BCUT2D eigenvalue weighted by Gasteiger charge is 2.38. The lowest BCUT2D eigenvalue weighted by Crippen LogP contribution is -2.52. The molecule has 1 atom stereocenters. The van der Waals surface area contributed by atoms with Crippen LogP contribution in [0.1, 0.15) is 52.4 Å². The molecule has 9 heteroatoms. The first-order valence-corrected chi connectivity index (χ1v) is 11.8. The normalized spacial score (nSPS) is 22.7. The number of sulfonamides is 1. The van der Waals surface area contributed by atoms with Gasteiger partial charge in [-0.1, -0.05) is 13.8 Å². The highest BCUT2D eigenvalue weighted by molar-refractivity contribution is 7.89. The number of nitrogens with one attached hydrogen (secondary N) is 2. The summed E-state index contributed by atoms with van der Waals surface area (Å²) in [6.07, 6.45) is 4.35. The summed E-state index contributed by atoms with van der Waals surface area (Å²) in [5.74, 6) is -0.0386. The number of carbonyl (C=O) groups excluding carboxylic acids is 2. The molecule has 0 aromatic heterocycles. The molecule has 156 valence electrons. The summed E-state index contributed by atoms with van der Waals surface area (Å²) < 4.78 is 26.1. The van der Waals surface area contributed by atoms with Crippen LogP contribution in [0.25, 0.3) is 0 Å². The van der Waals surface area contributed by atoms with Gasteiger partial charge >= 0.3 is 0 Å². The van der Waals surface area contributed by atoms with Crippen LogP contribution < -0.4 is 10.6 Å². The Morgan fingerprint density at radius 1 is 1.04 bits per heavy atom. The summed E-state index contributed by atoms with van der Waals surface area (Å²) in [7, 11) is -3.36. The average Bonchev–Trinajstić information content (AvgIpc) is 3.12. The first-order valence-electron chi connectivity index (χ1n) is 10.2. The molecule has 0 aromatic carbocycles. The number of hydrogen-bond donors (Lipinski definition) is 2. The highest BCUT2D eigenvalue weighted by Crippen LogP contribution is 2.22. The standard InChI is InChI=1S/C18H34N4O4S/c1-3-9-19-17(23)14-21-11-7-15(8-12-21)20-18(24)16-6-5-10-22(16)27(25,26)13-4-2/h15-16H,3-14H2,1-2H3,(H,19,23)(H,20,24). The third-order valence-corrected chi connectivity index (χ3v) is 7.27. The number of carbonyl (C=O) groups is 2. The minimum atomic E-state index is -3.36. The van der Waals surface area contributed by atoms with Crippen molar-refractivity contribution in [2.75, 3.05) is 38.5 Å². The van der Waals surface area contributed by atoms with Crippen LogP contribution in [-0.2, 0) is 19.6 Å². The van der Waals surface area contributed by atoms with Crippen LogP contribution in [0.3, 0.4) is 0 Å². The van der Waals surface area contributed by atoms with Gasteiger partial charge in [-0.15, -0.1) is 0 Å². The molecule has 2 rings (SSSR count). The highest BCUT2D eigenvalue weighted by atomic mass is 32.2. The molecule has 0 bridgehead atoms. The van der Waals surface area contributed by atoms with E-state index in [0.717, 1.165) is 38.8 Å². The number of rotatable bonds is 9. The summed E-state index contributed by atoms with van der Waals surface area (Å²) in [4.78, 5) is 26.6. The molecule has 0 saturated carbocycles. The molecule has 27 heavy (non-hydrogen) atoms. The predicted octanol–water partition coefficient (Wildman–Crippen LogP) is 0.297. The fourth-order valence-corrected chi connectivity index (χ4v) is 5.51. The maximum Gasteiger partial charge on any atom is 0.238 e. The molecule has 1 unspecified atom stereocenters. The number of likely N-dealkylation sites (tertiary alicyclic amines) is 1. The van der Waals surface area contributed by atoms with Gasteiger partial charge in [0.15, 0.2) is 0 Å². The summed E-state index contributed by atoms with van der Waals surface area (Å²) in [6.45, 7) is 6.90. The molecule has 0 aliphatic carbocycles. The van der Waals surface area contributed by atoms with Gasteiger partial charge in [-0.05, 0) is 38.5 Å². The van der Waals surface area contributed by atoms with Gasteiger partial charge < -0.3 is 10.6 Å². The van der Waals surface area contributed by atoms with E-state index in [2.05, 4.69) is 15.5 Å². The van der Waals surface area contributed by atoms with E-state index in [1.165, 1.54) is 4.31 Å². The third kappa shape index (κ3) is 6.43. The average molecular weight is 403 g/mol. The van der Waals surface area contributed by atoms with Gasteiger partial charge in [0.25, 0.3) is 0 Å². The van der Waals surface area contributed by atoms with Gasteiger partial charge in [-0.25, -0.2) is 8.42 Å². The van der Waals surface area contributed by atoms with E-state index in [1.54, 1.807) is 0 Å². The lowest BCUT2D eigenvalue weighted by molar-refractivity contribution is -0.126. The van der Waals surface area contributed by atoms with Gasteiger partial charge in [-0.2, -0.15) is 4.31 Å². The monoisotopic (exact) mass is 402 g/mol. The van der Waals surface area contributed by atoms with Gasteiger partial charge in [0.1, 0.15) is 6.04 Å². The second kappa shape index (κ2) is 10.4. The fourth-order valence-electron chi connectivity index (χ4n) is 3.77. The Morgan fingerprint density at radius 3 is 2.37 bits per heavy atom. The molecule has 8 nitrogen and oxygen atoms in total. The zero-order valence-electron chi connectivity index (χ0n) is 16.6. The molecule has 2 amide bonds. The smallest absolute Gasteiger partial charge is 0.238 e. The Kier molecular flexibility index (Phi) is 8.50. The lowest BCUT2D eigenvalue weighted by Gasteiger charge is -2.33. The minimum absolute atomic E-state index is 0.0436.